The minimum atomic E-state index is -0.561. The molecule has 2 N–H and O–H groups in total. The molecule has 0 aliphatic rings. The van der Waals surface area contributed by atoms with E-state index in [9.17, 15) is 9.90 Å². The minimum Gasteiger partial charge on any atom is -0.491 e. The number of hydrogen-bond acceptors (Lipinski definition) is 5. The van der Waals surface area contributed by atoms with Gasteiger partial charge >= 0.3 is 0 Å². The van der Waals surface area contributed by atoms with Crippen LogP contribution < -0.4 is 10.1 Å². The predicted octanol–water partition coefficient (Wildman–Crippen LogP) is 2.58. The number of hydrogen-bond donors (Lipinski definition) is 2. The molecule has 1 atom stereocenters. The van der Waals surface area contributed by atoms with E-state index in [0.717, 1.165) is 12.2 Å². The number of carbonyl (C=O) groups is 1. The van der Waals surface area contributed by atoms with E-state index in [-0.39, 0.29) is 12.5 Å². The standard InChI is InChI=1S/C17H22N2O3S/c1-13(20)18-15-3-5-17(6-4-15)22-11-16(21)10-19(2)9-14-7-8-23-12-14/h3-8,12,16,21H,9-11H2,1-2H3,(H,18,20). The number of anilines is 1. The summed E-state index contributed by atoms with van der Waals surface area (Å²) in [4.78, 5) is 13.0. The molecule has 6 heteroatoms. The molecule has 0 bridgehead atoms. The van der Waals surface area contributed by atoms with E-state index in [0.29, 0.717) is 12.3 Å². The Labute approximate surface area is 140 Å². The summed E-state index contributed by atoms with van der Waals surface area (Å²) in [6.07, 6.45) is -0.561. The Morgan fingerprint density at radius 2 is 2.09 bits per heavy atom. The van der Waals surface area contributed by atoms with Gasteiger partial charge in [0.15, 0.2) is 0 Å². The van der Waals surface area contributed by atoms with Crippen molar-refractivity contribution in [2.45, 2.75) is 19.6 Å². The van der Waals surface area contributed by atoms with Crippen molar-refractivity contribution in [3.63, 3.8) is 0 Å². The Balaban J connectivity index is 1.73. The molecule has 1 aromatic carbocycles. The number of carbonyl (C=O) groups excluding carboxylic acids is 1. The maximum absolute atomic E-state index is 11.0. The van der Waals surface area contributed by atoms with Crippen LogP contribution in [0.4, 0.5) is 5.69 Å². The number of rotatable bonds is 8. The van der Waals surface area contributed by atoms with Gasteiger partial charge in [-0.15, -0.1) is 0 Å². The van der Waals surface area contributed by atoms with Crippen molar-refractivity contribution in [1.82, 2.24) is 4.90 Å². The second-order valence-corrected chi connectivity index (χ2v) is 6.28. The van der Waals surface area contributed by atoms with Crippen molar-refractivity contribution in [2.24, 2.45) is 0 Å². The van der Waals surface area contributed by atoms with Gasteiger partial charge in [0.25, 0.3) is 0 Å². The average Bonchev–Trinajstić information content (AvgIpc) is 2.98. The molecule has 0 spiro atoms. The third kappa shape index (κ3) is 6.40. The molecule has 0 radical (unpaired) electrons. The fourth-order valence-corrected chi connectivity index (χ4v) is 2.86. The number of aliphatic hydroxyl groups is 1. The molecule has 0 aliphatic carbocycles. The lowest BCUT2D eigenvalue weighted by Gasteiger charge is -2.20. The number of thiophene rings is 1. The van der Waals surface area contributed by atoms with Gasteiger partial charge in [-0.2, -0.15) is 11.3 Å². The summed E-state index contributed by atoms with van der Waals surface area (Å²) in [7, 11) is 1.98. The van der Waals surface area contributed by atoms with Crippen LogP contribution in [0.5, 0.6) is 5.75 Å². The Bertz CT molecular complexity index is 599. The Morgan fingerprint density at radius 1 is 1.35 bits per heavy atom. The van der Waals surface area contributed by atoms with Gasteiger partial charge in [-0.1, -0.05) is 0 Å². The van der Waals surface area contributed by atoms with Gasteiger partial charge in [0.05, 0.1) is 0 Å². The summed E-state index contributed by atoms with van der Waals surface area (Å²) in [5.41, 5.74) is 1.97. The highest BCUT2D eigenvalue weighted by Gasteiger charge is 2.10. The molecule has 0 aliphatic heterocycles. The second-order valence-electron chi connectivity index (χ2n) is 5.50. The van der Waals surface area contributed by atoms with E-state index in [1.54, 1.807) is 35.6 Å². The predicted molar refractivity (Wildman–Crippen MR) is 92.9 cm³/mol. The van der Waals surface area contributed by atoms with Crippen LogP contribution in [0.3, 0.4) is 0 Å². The number of benzene rings is 1. The van der Waals surface area contributed by atoms with Gasteiger partial charge in [0.2, 0.25) is 5.91 Å². The summed E-state index contributed by atoms with van der Waals surface area (Å²) >= 11 is 1.67. The molecule has 5 nitrogen and oxygen atoms in total. The van der Waals surface area contributed by atoms with Crippen molar-refractivity contribution < 1.29 is 14.6 Å². The van der Waals surface area contributed by atoms with Crippen molar-refractivity contribution in [3.8, 4) is 5.75 Å². The monoisotopic (exact) mass is 334 g/mol. The molecule has 1 amide bonds. The highest BCUT2D eigenvalue weighted by atomic mass is 32.1. The van der Waals surface area contributed by atoms with E-state index >= 15 is 0 Å². The fraction of sp³-hybridized carbons (Fsp3) is 0.353. The van der Waals surface area contributed by atoms with Gasteiger partial charge < -0.3 is 15.2 Å². The van der Waals surface area contributed by atoms with Crippen molar-refractivity contribution in [1.29, 1.82) is 0 Å². The van der Waals surface area contributed by atoms with Crippen molar-refractivity contribution >= 4 is 22.9 Å². The van der Waals surface area contributed by atoms with E-state index in [1.165, 1.54) is 12.5 Å². The minimum absolute atomic E-state index is 0.109. The first-order chi connectivity index (χ1) is 11.0. The van der Waals surface area contributed by atoms with Gasteiger partial charge in [0.1, 0.15) is 18.5 Å². The van der Waals surface area contributed by atoms with Crippen molar-refractivity contribution in [3.05, 3.63) is 46.7 Å². The number of nitrogens with zero attached hydrogens (tertiary/aromatic N) is 1. The molecule has 2 aromatic rings. The summed E-state index contributed by atoms with van der Waals surface area (Å²) in [5, 5.41) is 16.9. The lowest BCUT2D eigenvalue weighted by molar-refractivity contribution is -0.114. The zero-order valence-electron chi connectivity index (χ0n) is 13.4. The third-order valence-electron chi connectivity index (χ3n) is 3.17. The average molecular weight is 334 g/mol. The van der Waals surface area contributed by atoms with E-state index < -0.39 is 6.10 Å². The molecular weight excluding hydrogens is 312 g/mol. The number of ether oxygens (including phenoxy) is 1. The van der Waals surface area contributed by atoms with Gasteiger partial charge in [-0.05, 0) is 53.7 Å². The maximum Gasteiger partial charge on any atom is 0.221 e. The smallest absolute Gasteiger partial charge is 0.221 e. The molecule has 2 rings (SSSR count). The van der Waals surface area contributed by atoms with Gasteiger partial charge in [-0.3, -0.25) is 9.69 Å². The quantitative estimate of drug-likeness (QED) is 0.779. The largest absolute Gasteiger partial charge is 0.491 e. The molecule has 0 saturated carbocycles. The number of amides is 1. The van der Waals surface area contributed by atoms with Crippen LogP contribution in [0.1, 0.15) is 12.5 Å². The second kappa shape index (κ2) is 8.67. The summed E-state index contributed by atoms with van der Waals surface area (Å²) in [5.74, 6) is 0.557. The summed E-state index contributed by atoms with van der Waals surface area (Å²) in [6, 6.07) is 9.17. The Kier molecular flexibility index (Phi) is 6.58. The van der Waals surface area contributed by atoms with Crippen molar-refractivity contribution in [2.75, 3.05) is 25.5 Å². The first-order valence-corrected chi connectivity index (χ1v) is 8.35. The zero-order valence-corrected chi connectivity index (χ0v) is 14.2. The van der Waals surface area contributed by atoms with Crippen LogP contribution in [0.15, 0.2) is 41.1 Å². The highest BCUT2D eigenvalue weighted by molar-refractivity contribution is 7.07. The SMILES string of the molecule is CC(=O)Nc1ccc(OCC(O)CN(C)Cc2ccsc2)cc1. The zero-order chi connectivity index (χ0) is 16.7. The highest BCUT2D eigenvalue weighted by Crippen LogP contribution is 2.16. The van der Waals surface area contributed by atoms with Crippen LogP contribution in [0.2, 0.25) is 0 Å². The number of nitrogens with one attached hydrogen (secondary N) is 1. The summed E-state index contributed by atoms with van der Waals surface area (Å²) < 4.78 is 5.58. The van der Waals surface area contributed by atoms with Crippen LogP contribution in [0.25, 0.3) is 0 Å². The number of aliphatic hydroxyl groups excluding tert-OH is 1. The molecule has 124 valence electrons. The van der Waals surface area contributed by atoms with Crippen LogP contribution in [-0.4, -0.2) is 42.2 Å². The molecule has 1 unspecified atom stereocenters. The third-order valence-corrected chi connectivity index (χ3v) is 3.90. The van der Waals surface area contributed by atoms with E-state index in [1.807, 2.05) is 12.4 Å². The molecule has 1 heterocycles. The van der Waals surface area contributed by atoms with Crippen LogP contribution in [-0.2, 0) is 11.3 Å². The lowest BCUT2D eigenvalue weighted by Crippen LogP contribution is -2.32. The van der Waals surface area contributed by atoms with Gasteiger partial charge in [0, 0.05) is 25.7 Å². The van der Waals surface area contributed by atoms with E-state index in [4.69, 9.17) is 4.74 Å². The van der Waals surface area contributed by atoms with Crippen LogP contribution >= 0.6 is 11.3 Å². The first kappa shape index (κ1) is 17.5. The topological polar surface area (TPSA) is 61.8 Å². The molecular formula is C17H22N2O3S. The number of likely N-dealkylation sites (N-methyl/N-ethyl adjacent to an activating group) is 1. The lowest BCUT2D eigenvalue weighted by atomic mass is 10.3. The van der Waals surface area contributed by atoms with Gasteiger partial charge in [-0.25, -0.2) is 0 Å². The molecule has 1 aromatic heterocycles. The Morgan fingerprint density at radius 3 is 2.70 bits per heavy atom. The molecule has 23 heavy (non-hydrogen) atoms. The normalized spacial score (nSPS) is 12.2. The maximum atomic E-state index is 11.0. The fourth-order valence-electron chi connectivity index (χ4n) is 2.20. The van der Waals surface area contributed by atoms with Crippen LogP contribution in [0, 0.1) is 0 Å². The molecule has 0 saturated heterocycles. The van der Waals surface area contributed by atoms with E-state index in [2.05, 4.69) is 21.7 Å². The summed E-state index contributed by atoms with van der Waals surface area (Å²) in [6.45, 7) is 3.05. The molecule has 0 fully saturated rings. The Hall–Kier alpha value is -1.89. The first-order valence-electron chi connectivity index (χ1n) is 7.41.